The van der Waals surface area contributed by atoms with Gasteiger partial charge >= 0.3 is 35.3 Å². The van der Waals surface area contributed by atoms with Crippen molar-refractivity contribution in [1.82, 2.24) is 10.2 Å². The van der Waals surface area contributed by atoms with E-state index in [1.165, 1.54) is 0 Å². The van der Waals surface area contributed by atoms with Crippen LogP contribution in [0.4, 0.5) is 0 Å². The predicted octanol–water partition coefficient (Wildman–Crippen LogP) is -0.977. The Morgan fingerprint density at radius 3 is 2.50 bits per heavy atom. The molecule has 0 fully saturated rings. The Bertz CT molecular complexity index is 203. The average Bonchev–Trinajstić information content (AvgIpc) is 1.87. The summed E-state index contributed by atoms with van der Waals surface area (Å²) in [4.78, 5) is 10.0. The second-order valence-corrected chi connectivity index (χ2v) is 1.13. The molecule has 0 aliphatic carbocycles. The summed E-state index contributed by atoms with van der Waals surface area (Å²) < 4.78 is 4.36. The average molecular weight is 124 g/mol. The van der Waals surface area contributed by atoms with Crippen molar-refractivity contribution in [3.8, 4) is 0 Å². The summed E-state index contributed by atoms with van der Waals surface area (Å²) >= 11 is 0. The van der Waals surface area contributed by atoms with Crippen molar-refractivity contribution < 1.29 is 4.42 Å². The van der Waals surface area contributed by atoms with E-state index in [4.69, 9.17) is 0 Å². The van der Waals surface area contributed by atoms with Gasteiger partial charge < -0.3 is 4.42 Å². The van der Waals surface area contributed by atoms with Crippen molar-refractivity contribution in [2.24, 2.45) is 0 Å². The SMILES string of the molecule is Cc1n[nH]c(=O)o1.[NaH]. The van der Waals surface area contributed by atoms with E-state index in [-0.39, 0.29) is 29.6 Å². The van der Waals surface area contributed by atoms with E-state index in [0.717, 1.165) is 0 Å². The topological polar surface area (TPSA) is 58.9 Å². The Balaban J connectivity index is 0.000000490. The molecule has 5 heteroatoms. The summed E-state index contributed by atoms with van der Waals surface area (Å²) in [7, 11) is 0. The molecule has 4 nitrogen and oxygen atoms in total. The molecule has 0 spiro atoms. The van der Waals surface area contributed by atoms with Gasteiger partial charge in [-0.2, -0.15) is 0 Å². The first-order valence-corrected chi connectivity index (χ1v) is 1.81. The van der Waals surface area contributed by atoms with Gasteiger partial charge in [0.05, 0.1) is 0 Å². The van der Waals surface area contributed by atoms with Crippen LogP contribution in [-0.2, 0) is 0 Å². The van der Waals surface area contributed by atoms with Crippen molar-refractivity contribution in [3.63, 3.8) is 0 Å². The Hall–Kier alpha value is -0.0600. The minimum absolute atomic E-state index is 0. The van der Waals surface area contributed by atoms with Crippen LogP contribution in [0.1, 0.15) is 5.89 Å². The van der Waals surface area contributed by atoms with Crippen LogP contribution in [0.3, 0.4) is 0 Å². The van der Waals surface area contributed by atoms with Crippen LogP contribution in [-0.4, -0.2) is 39.8 Å². The predicted molar refractivity (Wildman–Crippen MR) is 29.0 cm³/mol. The molecule has 0 bridgehead atoms. The first-order chi connectivity index (χ1) is 3.29. The summed E-state index contributed by atoms with van der Waals surface area (Å²) in [5, 5.41) is 5.51. The van der Waals surface area contributed by atoms with Crippen LogP contribution in [0.25, 0.3) is 0 Å². The van der Waals surface area contributed by atoms with Gasteiger partial charge in [-0.15, -0.1) is 5.10 Å². The van der Waals surface area contributed by atoms with E-state index >= 15 is 0 Å². The van der Waals surface area contributed by atoms with Gasteiger partial charge in [0.2, 0.25) is 5.89 Å². The molecule has 0 saturated heterocycles. The molecular weight excluding hydrogens is 119 g/mol. The van der Waals surface area contributed by atoms with E-state index in [0.29, 0.717) is 5.89 Å². The Morgan fingerprint density at radius 1 is 1.75 bits per heavy atom. The first kappa shape index (κ1) is 7.94. The van der Waals surface area contributed by atoms with Crippen LogP contribution in [0.2, 0.25) is 0 Å². The van der Waals surface area contributed by atoms with Crippen molar-refractivity contribution in [1.29, 1.82) is 0 Å². The van der Waals surface area contributed by atoms with Crippen LogP contribution < -0.4 is 5.76 Å². The Kier molecular flexibility index (Phi) is 3.04. The van der Waals surface area contributed by atoms with Crippen LogP contribution in [0.15, 0.2) is 9.21 Å². The molecule has 40 valence electrons. The molecule has 1 aromatic rings. The number of hydrogen-bond donors (Lipinski definition) is 1. The molecular formula is C3H5N2NaO2. The third-order valence-electron chi connectivity index (χ3n) is 0.545. The van der Waals surface area contributed by atoms with Gasteiger partial charge in [0.15, 0.2) is 0 Å². The Labute approximate surface area is 67.6 Å². The van der Waals surface area contributed by atoms with E-state index in [2.05, 4.69) is 14.6 Å². The summed E-state index contributed by atoms with van der Waals surface area (Å²) in [6.07, 6.45) is 0. The fourth-order valence-corrected chi connectivity index (χ4v) is 0.304. The number of aromatic nitrogens is 2. The number of nitrogens with zero attached hydrogens (tertiary/aromatic N) is 1. The molecule has 0 unspecified atom stereocenters. The van der Waals surface area contributed by atoms with Gasteiger partial charge in [0.1, 0.15) is 0 Å². The van der Waals surface area contributed by atoms with Gasteiger partial charge in [-0.1, -0.05) is 0 Å². The molecule has 1 heterocycles. The fourth-order valence-electron chi connectivity index (χ4n) is 0.304. The molecule has 0 radical (unpaired) electrons. The monoisotopic (exact) mass is 124 g/mol. The first-order valence-electron chi connectivity index (χ1n) is 1.81. The van der Waals surface area contributed by atoms with E-state index < -0.39 is 5.76 Å². The maximum atomic E-state index is 10.0. The fraction of sp³-hybridized carbons (Fsp3) is 0.333. The number of nitrogens with one attached hydrogen (secondary N) is 1. The quantitative estimate of drug-likeness (QED) is 0.452. The van der Waals surface area contributed by atoms with Crippen molar-refractivity contribution in [3.05, 3.63) is 16.4 Å². The van der Waals surface area contributed by atoms with Gasteiger partial charge in [-0.05, 0) is 0 Å². The number of aryl methyl sites for hydroxylation is 1. The molecule has 0 saturated carbocycles. The summed E-state index contributed by atoms with van der Waals surface area (Å²) in [5.74, 6) is -0.137. The molecule has 0 aliphatic rings. The van der Waals surface area contributed by atoms with Crippen LogP contribution >= 0.6 is 0 Å². The molecule has 1 aromatic heterocycles. The van der Waals surface area contributed by atoms with Gasteiger partial charge in [-0.3, -0.25) is 0 Å². The standard InChI is InChI=1S/C3H4N2O2.Na.H/c1-2-4-5-3(6)7-2;;/h1H3,(H,5,6);;. The molecule has 1 rings (SSSR count). The molecule has 8 heavy (non-hydrogen) atoms. The van der Waals surface area contributed by atoms with Crippen molar-refractivity contribution in [2.45, 2.75) is 6.92 Å². The van der Waals surface area contributed by atoms with Crippen molar-refractivity contribution in [2.75, 3.05) is 0 Å². The van der Waals surface area contributed by atoms with Gasteiger partial charge in [0, 0.05) is 6.92 Å². The summed E-state index contributed by atoms with van der Waals surface area (Å²) in [5.41, 5.74) is 0. The van der Waals surface area contributed by atoms with Crippen LogP contribution in [0, 0.1) is 6.92 Å². The summed E-state index contributed by atoms with van der Waals surface area (Å²) in [6, 6.07) is 0. The zero-order chi connectivity index (χ0) is 5.28. The van der Waals surface area contributed by atoms with Crippen LogP contribution in [0.5, 0.6) is 0 Å². The zero-order valence-corrected chi connectivity index (χ0v) is 3.76. The third kappa shape index (κ3) is 1.81. The molecule has 0 aliphatic heterocycles. The van der Waals surface area contributed by atoms with E-state index in [1.54, 1.807) is 6.92 Å². The van der Waals surface area contributed by atoms with E-state index in [9.17, 15) is 4.79 Å². The van der Waals surface area contributed by atoms with Crippen molar-refractivity contribution >= 4 is 29.6 Å². The number of H-pyrrole nitrogens is 1. The van der Waals surface area contributed by atoms with E-state index in [1.807, 2.05) is 0 Å². The number of rotatable bonds is 0. The maximum absolute atomic E-state index is 10.0. The number of aromatic amines is 1. The second-order valence-electron chi connectivity index (χ2n) is 1.13. The molecule has 0 atom stereocenters. The summed E-state index contributed by atoms with van der Waals surface area (Å²) in [6.45, 7) is 1.60. The molecule has 1 N–H and O–H groups in total. The molecule has 0 aromatic carbocycles. The number of hydrogen-bond acceptors (Lipinski definition) is 3. The second kappa shape index (κ2) is 3.06. The normalized spacial score (nSPS) is 8.12. The Morgan fingerprint density at radius 2 is 2.38 bits per heavy atom. The van der Waals surface area contributed by atoms with Gasteiger partial charge in [-0.25, -0.2) is 9.89 Å². The van der Waals surface area contributed by atoms with Gasteiger partial charge in [0.25, 0.3) is 0 Å². The molecule has 0 amide bonds. The third-order valence-corrected chi connectivity index (χ3v) is 0.545. The minimum atomic E-state index is -0.502. The zero-order valence-electron chi connectivity index (χ0n) is 3.76.